The number of fused-ring (bicyclic) bond motifs is 2. The Labute approximate surface area is 181 Å². The molecule has 0 spiro atoms. The molecule has 1 amide bonds. The van der Waals surface area contributed by atoms with Crippen LogP contribution >= 0.6 is 0 Å². The van der Waals surface area contributed by atoms with Gasteiger partial charge in [-0.15, -0.1) is 0 Å². The van der Waals surface area contributed by atoms with Gasteiger partial charge in [-0.3, -0.25) is 14.7 Å². The molecule has 3 N–H and O–H groups in total. The van der Waals surface area contributed by atoms with E-state index in [2.05, 4.69) is 25.4 Å². The predicted molar refractivity (Wildman–Crippen MR) is 119 cm³/mol. The molecule has 9 heteroatoms. The number of benzene rings is 2. The lowest BCUT2D eigenvalue weighted by Crippen LogP contribution is -2.17. The van der Waals surface area contributed by atoms with Crippen LogP contribution in [0.5, 0.6) is 0 Å². The molecule has 160 valence electrons. The van der Waals surface area contributed by atoms with Crippen molar-refractivity contribution in [2.24, 2.45) is 0 Å². The van der Waals surface area contributed by atoms with E-state index >= 15 is 0 Å². The molecule has 3 heterocycles. The van der Waals surface area contributed by atoms with Crippen molar-refractivity contribution in [2.45, 2.75) is 20.3 Å². The Kier molecular flexibility index (Phi) is 4.58. The van der Waals surface area contributed by atoms with Gasteiger partial charge in [-0.25, -0.2) is 18.9 Å². The highest BCUT2D eigenvalue weighted by Gasteiger charge is 2.15. The maximum atomic E-state index is 13.5. The van der Waals surface area contributed by atoms with Crippen LogP contribution in [0, 0.1) is 19.7 Å². The largest absolute Gasteiger partial charge is 0.338 e. The van der Waals surface area contributed by atoms with Gasteiger partial charge in [0.25, 0.3) is 5.56 Å². The molecule has 0 aliphatic carbocycles. The smallest absolute Gasteiger partial charge is 0.266 e. The number of nitrogens with one attached hydrogen (secondary N) is 3. The van der Waals surface area contributed by atoms with Gasteiger partial charge in [-0.2, -0.15) is 0 Å². The zero-order valence-electron chi connectivity index (χ0n) is 17.4. The monoisotopic (exact) mass is 430 g/mol. The van der Waals surface area contributed by atoms with Crippen LogP contribution in [0.2, 0.25) is 0 Å². The lowest BCUT2D eigenvalue weighted by atomic mass is 10.1. The van der Waals surface area contributed by atoms with E-state index < -0.39 is 0 Å². The van der Waals surface area contributed by atoms with Gasteiger partial charge >= 0.3 is 0 Å². The number of carbonyl (C=O) groups excluding carboxylic acids is 1. The molecule has 3 aromatic heterocycles. The van der Waals surface area contributed by atoms with Gasteiger partial charge in [-0.05, 0) is 44.2 Å². The number of aromatic amines is 2. The first-order chi connectivity index (χ1) is 15.4. The third-order valence-corrected chi connectivity index (χ3v) is 5.40. The highest BCUT2D eigenvalue weighted by atomic mass is 19.1. The molecule has 2 aromatic carbocycles. The van der Waals surface area contributed by atoms with E-state index in [1.165, 1.54) is 18.2 Å². The maximum Gasteiger partial charge on any atom is 0.266 e. The van der Waals surface area contributed by atoms with Gasteiger partial charge in [0, 0.05) is 34.3 Å². The second kappa shape index (κ2) is 7.45. The van der Waals surface area contributed by atoms with Crippen molar-refractivity contribution in [3.05, 3.63) is 81.7 Å². The summed E-state index contributed by atoms with van der Waals surface area (Å²) >= 11 is 0. The maximum absolute atomic E-state index is 13.5. The number of anilines is 1. The van der Waals surface area contributed by atoms with Gasteiger partial charge in [0.15, 0.2) is 5.65 Å². The lowest BCUT2D eigenvalue weighted by molar-refractivity contribution is -0.115. The molecule has 5 rings (SSSR count). The fourth-order valence-corrected chi connectivity index (χ4v) is 3.84. The predicted octanol–water partition coefficient (Wildman–Crippen LogP) is 3.50. The second-order valence-electron chi connectivity index (χ2n) is 7.63. The summed E-state index contributed by atoms with van der Waals surface area (Å²) in [4.78, 5) is 36.4. The average molecular weight is 430 g/mol. The number of aromatic nitrogens is 5. The number of hydrogen-bond acceptors (Lipinski definition) is 4. The highest BCUT2D eigenvalue weighted by molar-refractivity contribution is 5.94. The van der Waals surface area contributed by atoms with Crippen molar-refractivity contribution in [1.29, 1.82) is 0 Å². The van der Waals surface area contributed by atoms with Crippen molar-refractivity contribution in [1.82, 2.24) is 24.6 Å². The van der Waals surface area contributed by atoms with Crippen LogP contribution in [0.15, 0.2) is 53.3 Å². The summed E-state index contributed by atoms with van der Waals surface area (Å²) in [5.74, 6) is 0.00329. The molecule has 0 unspecified atom stereocenters. The van der Waals surface area contributed by atoms with E-state index in [1.54, 1.807) is 34.8 Å². The van der Waals surface area contributed by atoms with Gasteiger partial charge in [0.1, 0.15) is 11.6 Å². The SMILES string of the molecule is Cc1nc2cc(=O)[nH]n2c(C)c1CC(=O)Nc1ccc2nc(-c3cccc(F)c3)[nH]c2c1. The first kappa shape index (κ1) is 19.7. The number of H-pyrrole nitrogens is 2. The summed E-state index contributed by atoms with van der Waals surface area (Å²) in [6, 6.07) is 13.0. The van der Waals surface area contributed by atoms with Crippen LogP contribution in [-0.2, 0) is 11.2 Å². The first-order valence-electron chi connectivity index (χ1n) is 10.0. The molecular formula is C23H19FN6O2. The van der Waals surface area contributed by atoms with Gasteiger partial charge in [-0.1, -0.05) is 12.1 Å². The Balaban J connectivity index is 1.39. The minimum absolute atomic E-state index is 0.108. The Bertz CT molecular complexity index is 1560. The van der Waals surface area contributed by atoms with Crippen molar-refractivity contribution in [3.63, 3.8) is 0 Å². The molecule has 0 bridgehead atoms. The number of nitrogens with zero attached hydrogens (tertiary/aromatic N) is 3. The minimum atomic E-state index is -0.335. The normalized spacial score (nSPS) is 11.3. The number of imidazole rings is 1. The fourth-order valence-electron chi connectivity index (χ4n) is 3.84. The number of halogens is 1. The van der Waals surface area contributed by atoms with Crippen molar-refractivity contribution in [2.75, 3.05) is 5.32 Å². The molecule has 0 atom stereocenters. The second-order valence-corrected chi connectivity index (χ2v) is 7.63. The van der Waals surface area contributed by atoms with Crippen molar-refractivity contribution >= 4 is 28.3 Å². The molecule has 0 saturated carbocycles. The van der Waals surface area contributed by atoms with Crippen molar-refractivity contribution < 1.29 is 9.18 Å². The number of carbonyl (C=O) groups is 1. The van der Waals surface area contributed by atoms with Crippen LogP contribution in [0.3, 0.4) is 0 Å². The molecule has 32 heavy (non-hydrogen) atoms. The zero-order valence-corrected chi connectivity index (χ0v) is 17.4. The van der Waals surface area contributed by atoms with E-state index in [4.69, 9.17) is 0 Å². The summed E-state index contributed by atoms with van der Waals surface area (Å²) in [5.41, 5.74) is 5.16. The molecule has 5 aromatic rings. The van der Waals surface area contributed by atoms with Crippen LogP contribution in [-0.4, -0.2) is 30.5 Å². The lowest BCUT2D eigenvalue weighted by Gasteiger charge is -2.11. The molecule has 0 aliphatic heterocycles. The first-order valence-corrected chi connectivity index (χ1v) is 10.0. The van der Waals surface area contributed by atoms with Gasteiger partial charge in [0.05, 0.1) is 17.5 Å². The molecule has 0 fully saturated rings. The van der Waals surface area contributed by atoms with Gasteiger partial charge in [0.2, 0.25) is 5.91 Å². The molecule has 8 nitrogen and oxygen atoms in total. The van der Waals surface area contributed by atoms with Crippen molar-refractivity contribution in [3.8, 4) is 11.4 Å². The van der Waals surface area contributed by atoms with Crippen LogP contribution in [0.4, 0.5) is 10.1 Å². The average Bonchev–Trinajstić information content (AvgIpc) is 3.34. The summed E-state index contributed by atoms with van der Waals surface area (Å²) in [7, 11) is 0. The summed E-state index contributed by atoms with van der Waals surface area (Å²) in [6.45, 7) is 3.66. The van der Waals surface area contributed by atoms with Crippen LogP contribution < -0.4 is 10.9 Å². The molecule has 0 saturated heterocycles. The quantitative estimate of drug-likeness (QED) is 0.406. The number of rotatable bonds is 4. The van der Waals surface area contributed by atoms with E-state index in [1.807, 2.05) is 13.8 Å². The Morgan fingerprint density at radius 2 is 1.97 bits per heavy atom. The molecular weight excluding hydrogens is 411 g/mol. The van der Waals surface area contributed by atoms with E-state index in [0.717, 1.165) is 16.8 Å². The summed E-state index contributed by atoms with van der Waals surface area (Å²) in [6.07, 6.45) is 0.108. The van der Waals surface area contributed by atoms with E-state index in [9.17, 15) is 14.0 Å². The molecule has 0 aliphatic rings. The summed E-state index contributed by atoms with van der Waals surface area (Å²) < 4.78 is 15.1. The number of hydrogen-bond donors (Lipinski definition) is 3. The Morgan fingerprint density at radius 1 is 1.12 bits per heavy atom. The van der Waals surface area contributed by atoms with Gasteiger partial charge < -0.3 is 10.3 Å². The standard InChI is InChI=1S/C23H19FN6O2/c1-12-17(13(2)30-20(25-12)11-22(32)29-30)10-21(31)26-16-6-7-18-19(9-16)28-23(27-18)14-4-3-5-15(24)8-14/h3-9,11H,10H2,1-2H3,(H,26,31)(H,27,28)(H,29,32). The number of amides is 1. The summed E-state index contributed by atoms with van der Waals surface area (Å²) in [5, 5.41) is 5.58. The number of aryl methyl sites for hydroxylation is 2. The third kappa shape index (κ3) is 3.53. The zero-order chi connectivity index (χ0) is 22.4. The Hall–Kier alpha value is -4.27. The van der Waals surface area contributed by atoms with Crippen LogP contribution in [0.1, 0.15) is 17.0 Å². The third-order valence-electron chi connectivity index (χ3n) is 5.40. The Morgan fingerprint density at radius 3 is 2.78 bits per heavy atom. The fraction of sp³-hybridized carbons (Fsp3) is 0.130. The van der Waals surface area contributed by atoms with E-state index in [0.29, 0.717) is 33.9 Å². The van der Waals surface area contributed by atoms with E-state index in [-0.39, 0.29) is 23.7 Å². The molecule has 0 radical (unpaired) electrons. The minimum Gasteiger partial charge on any atom is -0.338 e. The van der Waals surface area contributed by atoms with Crippen LogP contribution in [0.25, 0.3) is 28.1 Å². The highest BCUT2D eigenvalue weighted by Crippen LogP contribution is 2.24. The topological polar surface area (TPSA) is 108 Å².